The number of oxime groups is 1. The highest BCUT2D eigenvalue weighted by Crippen LogP contribution is 2.28. The zero-order valence-corrected chi connectivity index (χ0v) is 13.7. The van der Waals surface area contributed by atoms with E-state index in [1.54, 1.807) is 18.2 Å². The minimum Gasteiger partial charge on any atom is -0.490 e. The van der Waals surface area contributed by atoms with E-state index in [1.165, 1.54) is 6.21 Å². The number of hydrogen-bond donors (Lipinski definition) is 2. The number of nitrogens with zero attached hydrogens (tertiary/aromatic N) is 1. The number of aryl methyl sites for hydroxylation is 1. The second kappa shape index (κ2) is 8.57. The molecule has 0 heterocycles. The summed E-state index contributed by atoms with van der Waals surface area (Å²) >= 11 is 0. The van der Waals surface area contributed by atoms with E-state index >= 15 is 0 Å². The van der Waals surface area contributed by atoms with Crippen molar-refractivity contribution in [2.24, 2.45) is 5.16 Å². The van der Waals surface area contributed by atoms with Crippen molar-refractivity contribution in [3.05, 3.63) is 53.6 Å². The molecule has 0 saturated carbocycles. The van der Waals surface area contributed by atoms with Crippen LogP contribution in [-0.4, -0.2) is 30.5 Å². The Balaban J connectivity index is 1.99. The van der Waals surface area contributed by atoms with Gasteiger partial charge in [-0.25, -0.2) is 0 Å². The monoisotopic (exact) mass is 328 g/mol. The Morgan fingerprint density at radius 3 is 2.58 bits per heavy atom. The number of nitrogens with one attached hydrogen (secondary N) is 1. The van der Waals surface area contributed by atoms with Crippen LogP contribution >= 0.6 is 0 Å². The molecular weight excluding hydrogens is 308 g/mol. The van der Waals surface area contributed by atoms with Crippen molar-refractivity contribution in [1.82, 2.24) is 0 Å². The number of anilines is 1. The predicted molar refractivity (Wildman–Crippen MR) is 92.3 cm³/mol. The van der Waals surface area contributed by atoms with Gasteiger partial charge < -0.3 is 20.0 Å². The maximum atomic E-state index is 12.0. The molecule has 2 aromatic carbocycles. The predicted octanol–water partition coefficient (Wildman–Crippen LogP) is 3.22. The van der Waals surface area contributed by atoms with E-state index < -0.39 is 0 Å². The highest BCUT2D eigenvalue weighted by molar-refractivity contribution is 5.91. The first-order valence-corrected chi connectivity index (χ1v) is 7.56. The fourth-order valence-corrected chi connectivity index (χ4v) is 2.04. The number of rotatable bonds is 7. The van der Waals surface area contributed by atoms with Gasteiger partial charge in [-0.05, 0) is 44.2 Å². The van der Waals surface area contributed by atoms with E-state index in [4.69, 9.17) is 14.7 Å². The molecule has 0 atom stereocenters. The summed E-state index contributed by atoms with van der Waals surface area (Å²) in [6.07, 6.45) is 1.29. The molecule has 24 heavy (non-hydrogen) atoms. The average molecular weight is 328 g/mol. The Labute approximate surface area is 140 Å². The quantitative estimate of drug-likeness (QED) is 0.464. The Bertz CT molecular complexity index is 711. The van der Waals surface area contributed by atoms with Crippen LogP contribution in [0.2, 0.25) is 0 Å². The minimum absolute atomic E-state index is 0.138. The molecule has 0 spiro atoms. The van der Waals surface area contributed by atoms with E-state index in [2.05, 4.69) is 10.5 Å². The topological polar surface area (TPSA) is 80.2 Å². The number of benzene rings is 2. The van der Waals surface area contributed by atoms with Crippen molar-refractivity contribution in [3.63, 3.8) is 0 Å². The molecule has 0 unspecified atom stereocenters. The summed E-state index contributed by atoms with van der Waals surface area (Å²) in [4.78, 5) is 12.0. The number of ether oxygens (including phenoxy) is 2. The summed E-state index contributed by atoms with van der Waals surface area (Å²) in [7, 11) is 0. The van der Waals surface area contributed by atoms with Gasteiger partial charge in [0.25, 0.3) is 5.91 Å². The normalized spacial score (nSPS) is 10.6. The van der Waals surface area contributed by atoms with Crippen molar-refractivity contribution in [3.8, 4) is 11.5 Å². The molecule has 6 heteroatoms. The van der Waals surface area contributed by atoms with Crippen LogP contribution in [0.3, 0.4) is 0 Å². The van der Waals surface area contributed by atoms with Crippen LogP contribution in [0.5, 0.6) is 11.5 Å². The maximum Gasteiger partial charge on any atom is 0.262 e. The Morgan fingerprint density at radius 2 is 1.92 bits per heavy atom. The highest BCUT2D eigenvalue weighted by Gasteiger charge is 2.09. The molecule has 0 aromatic heterocycles. The molecule has 6 nitrogen and oxygen atoms in total. The van der Waals surface area contributed by atoms with Crippen molar-refractivity contribution >= 4 is 17.8 Å². The number of hydrogen-bond acceptors (Lipinski definition) is 5. The molecule has 1 amide bonds. The number of amides is 1. The van der Waals surface area contributed by atoms with Gasteiger partial charge >= 0.3 is 0 Å². The van der Waals surface area contributed by atoms with Gasteiger partial charge in [0, 0.05) is 11.3 Å². The van der Waals surface area contributed by atoms with Gasteiger partial charge in [-0.1, -0.05) is 22.9 Å². The van der Waals surface area contributed by atoms with Crippen molar-refractivity contribution in [2.45, 2.75) is 13.8 Å². The molecule has 2 N–H and O–H groups in total. The zero-order chi connectivity index (χ0) is 17.4. The molecule has 0 bridgehead atoms. The summed E-state index contributed by atoms with van der Waals surface area (Å²) < 4.78 is 11.0. The van der Waals surface area contributed by atoms with E-state index in [0.717, 1.165) is 5.56 Å². The third-order valence-corrected chi connectivity index (χ3v) is 3.17. The third-order valence-electron chi connectivity index (χ3n) is 3.17. The summed E-state index contributed by atoms with van der Waals surface area (Å²) in [5.74, 6) is 0.673. The minimum atomic E-state index is -0.262. The first kappa shape index (κ1) is 17.3. The van der Waals surface area contributed by atoms with Crippen LogP contribution in [0.1, 0.15) is 18.1 Å². The average Bonchev–Trinajstić information content (AvgIpc) is 2.57. The van der Waals surface area contributed by atoms with Crippen LogP contribution in [0.25, 0.3) is 0 Å². The van der Waals surface area contributed by atoms with Crippen molar-refractivity contribution in [2.75, 3.05) is 18.5 Å². The zero-order valence-electron chi connectivity index (χ0n) is 13.7. The first-order chi connectivity index (χ1) is 11.6. The van der Waals surface area contributed by atoms with Crippen LogP contribution < -0.4 is 14.8 Å². The third kappa shape index (κ3) is 5.01. The van der Waals surface area contributed by atoms with Gasteiger partial charge in [0.1, 0.15) is 0 Å². The van der Waals surface area contributed by atoms with E-state index in [-0.39, 0.29) is 12.5 Å². The molecule has 0 aliphatic rings. The van der Waals surface area contributed by atoms with Gasteiger partial charge in [-0.3, -0.25) is 4.79 Å². The van der Waals surface area contributed by atoms with Crippen molar-refractivity contribution in [1.29, 1.82) is 0 Å². The van der Waals surface area contributed by atoms with Crippen LogP contribution in [-0.2, 0) is 4.79 Å². The summed E-state index contributed by atoms with van der Waals surface area (Å²) in [6, 6.07) is 12.6. The molecule has 0 aliphatic carbocycles. The molecule has 0 fully saturated rings. The standard InChI is InChI=1S/C18H20N2O4/c1-3-23-17-10-14(11-19-22)6-9-16(17)24-12-18(21)20-15-7-4-13(2)5-8-15/h4-11,22H,3,12H2,1-2H3,(H,20,21)/b19-11-. The fourth-order valence-electron chi connectivity index (χ4n) is 2.04. The molecule has 0 saturated heterocycles. The molecule has 0 aliphatic heterocycles. The second-order valence-corrected chi connectivity index (χ2v) is 5.09. The molecular formula is C18H20N2O4. The van der Waals surface area contributed by atoms with Gasteiger partial charge in [0.05, 0.1) is 12.8 Å². The van der Waals surface area contributed by atoms with Gasteiger partial charge in [-0.15, -0.1) is 0 Å². The lowest BCUT2D eigenvalue weighted by atomic mass is 10.2. The Kier molecular flexibility index (Phi) is 6.19. The van der Waals surface area contributed by atoms with Crippen molar-refractivity contribution < 1.29 is 19.5 Å². The Morgan fingerprint density at radius 1 is 1.17 bits per heavy atom. The van der Waals surface area contributed by atoms with Gasteiger partial charge in [0.2, 0.25) is 0 Å². The van der Waals surface area contributed by atoms with Crippen LogP contribution in [0, 0.1) is 6.92 Å². The van der Waals surface area contributed by atoms with Crippen LogP contribution in [0.4, 0.5) is 5.69 Å². The van der Waals surface area contributed by atoms with Gasteiger partial charge in [-0.2, -0.15) is 0 Å². The summed E-state index contributed by atoms with van der Waals surface area (Å²) in [5, 5.41) is 14.3. The van der Waals surface area contributed by atoms with E-state index in [0.29, 0.717) is 29.4 Å². The largest absolute Gasteiger partial charge is 0.490 e. The number of carbonyl (C=O) groups excluding carboxylic acids is 1. The van der Waals surface area contributed by atoms with Gasteiger partial charge in [0.15, 0.2) is 18.1 Å². The SMILES string of the molecule is CCOc1cc(/C=N\O)ccc1OCC(=O)Nc1ccc(C)cc1. The maximum absolute atomic E-state index is 12.0. The Hall–Kier alpha value is -3.02. The van der Waals surface area contributed by atoms with E-state index in [9.17, 15) is 4.79 Å². The van der Waals surface area contributed by atoms with Crippen LogP contribution in [0.15, 0.2) is 47.6 Å². The van der Waals surface area contributed by atoms with E-state index in [1.807, 2.05) is 38.1 Å². The lowest BCUT2D eigenvalue weighted by Crippen LogP contribution is -2.20. The summed E-state index contributed by atoms with van der Waals surface area (Å²) in [5.41, 5.74) is 2.50. The summed E-state index contributed by atoms with van der Waals surface area (Å²) in [6.45, 7) is 4.14. The molecule has 0 radical (unpaired) electrons. The molecule has 2 aromatic rings. The fraction of sp³-hybridized carbons (Fsp3) is 0.222. The molecule has 126 valence electrons. The highest BCUT2D eigenvalue weighted by atomic mass is 16.5. The second-order valence-electron chi connectivity index (χ2n) is 5.09. The lowest BCUT2D eigenvalue weighted by Gasteiger charge is -2.12. The number of carbonyl (C=O) groups is 1. The smallest absolute Gasteiger partial charge is 0.262 e. The first-order valence-electron chi connectivity index (χ1n) is 7.56. The lowest BCUT2D eigenvalue weighted by molar-refractivity contribution is -0.118. The molecule has 2 rings (SSSR count).